The summed E-state index contributed by atoms with van der Waals surface area (Å²) in [7, 11) is 0. The molecular weight excluding hydrogens is 296 g/mol. The van der Waals surface area contributed by atoms with Gasteiger partial charge in [0.15, 0.2) is 0 Å². The fourth-order valence-corrected chi connectivity index (χ4v) is 4.73. The minimum absolute atomic E-state index is 0.241. The predicted molar refractivity (Wildman–Crippen MR) is 99.2 cm³/mol. The Morgan fingerprint density at radius 2 is 0.792 bits per heavy atom. The van der Waals surface area contributed by atoms with Gasteiger partial charge in [0.25, 0.3) is 0 Å². The van der Waals surface area contributed by atoms with E-state index in [9.17, 15) is 9.59 Å². The van der Waals surface area contributed by atoms with Gasteiger partial charge in [-0.05, 0) is 96.8 Å². The van der Waals surface area contributed by atoms with E-state index in [1.807, 2.05) is 13.8 Å². The molecule has 2 heteroatoms. The van der Waals surface area contributed by atoms with Crippen LogP contribution in [0.5, 0.6) is 0 Å². The predicted octanol–water partition coefficient (Wildman–Crippen LogP) is 5.05. The third-order valence-corrected chi connectivity index (χ3v) is 6.43. The van der Waals surface area contributed by atoms with Crippen LogP contribution in [0.1, 0.15) is 70.2 Å². The number of Topliss-reactive ketones (excluding diaryl/α,β-unsaturated/α-hetero) is 2. The number of hydrogen-bond acceptors (Lipinski definition) is 2. The standard InChI is InChI=1S/C22H26O2/c1-9-10(2)12(4)18-14(6)20-16(8)22(24)21(23)15(7)19(20)13(5)17(18)11(9)3/h15-16H,1-8H3. The van der Waals surface area contributed by atoms with Gasteiger partial charge in [0.2, 0.25) is 11.6 Å². The maximum atomic E-state index is 12.4. The Labute approximate surface area is 144 Å². The van der Waals surface area contributed by atoms with E-state index in [0.29, 0.717) is 0 Å². The first-order chi connectivity index (χ1) is 11.1. The summed E-state index contributed by atoms with van der Waals surface area (Å²) < 4.78 is 0. The second kappa shape index (κ2) is 5.27. The summed E-state index contributed by atoms with van der Waals surface area (Å²) in [5.74, 6) is -1.16. The highest BCUT2D eigenvalue weighted by atomic mass is 16.2. The summed E-state index contributed by atoms with van der Waals surface area (Å²) in [6, 6.07) is 0. The molecule has 2 atom stereocenters. The van der Waals surface area contributed by atoms with Crippen LogP contribution in [-0.2, 0) is 9.59 Å². The average Bonchev–Trinajstić information content (AvgIpc) is 2.55. The van der Waals surface area contributed by atoms with Crippen molar-refractivity contribution in [2.24, 2.45) is 0 Å². The Balaban J connectivity index is 2.62. The van der Waals surface area contributed by atoms with Gasteiger partial charge in [-0.25, -0.2) is 0 Å². The van der Waals surface area contributed by atoms with Gasteiger partial charge >= 0.3 is 0 Å². The molecule has 0 heterocycles. The molecular formula is C22H26O2. The first-order valence-corrected chi connectivity index (χ1v) is 8.72. The molecule has 2 unspecified atom stereocenters. The zero-order valence-corrected chi connectivity index (χ0v) is 16.0. The van der Waals surface area contributed by atoms with Crippen molar-refractivity contribution in [2.45, 2.75) is 67.2 Å². The molecule has 0 aliphatic heterocycles. The Kier molecular flexibility index (Phi) is 3.71. The largest absolute Gasteiger partial charge is 0.290 e. The van der Waals surface area contributed by atoms with Crippen LogP contribution >= 0.6 is 0 Å². The van der Waals surface area contributed by atoms with Crippen molar-refractivity contribution in [1.82, 2.24) is 0 Å². The lowest BCUT2D eigenvalue weighted by Gasteiger charge is -2.32. The fourth-order valence-electron chi connectivity index (χ4n) is 4.73. The normalized spacial score (nSPS) is 20.7. The van der Waals surface area contributed by atoms with Gasteiger partial charge in [-0.1, -0.05) is 13.8 Å². The smallest absolute Gasteiger partial charge is 0.206 e. The second-order valence-electron chi connectivity index (χ2n) is 7.50. The molecule has 126 valence electrons. The van der Waals surface area contributed by atoms with Crippen LogP contribution in [0, 0.1) is 41.5 Å². The van der Waals surface area contributed by atoms with Crippen molar-refractivity contribution in [3.05, 3.63) is 44.5 Å². The number of aryl methyl sites for hydroxylation is 4. The van der Waals surface area contributed by atoms with Crippen molar-refractivity contribution in [2.75, 3.05) is 0 Å². The van der Waals surface area contributed by atoms with E-state index >= 15 is 0 Å². The number of benzene rings is 2. The fraction of sp³-hybridized carbons (Fsp3) is 0.455. The zero-order valence-electron chi connectivity index (χ0n) is 16.0. The van der Waals surface area contributed by atoms with Gasteiger partial charge in [-0.3, -0.25) is 9.59 Å². The average molecular weight is 322 g/mol. The van der Waals surface area contributed by atoms with Crippen LogP contribution in [0.3, 0.4) is 0 Å². The van der Waals surface area contributed by atoms with E-state index < -0.39 is 0 Å². The highest BCUT2D eigenvalue weighted by Gasteiger charge is 2.39. The summed E-state index contributed by atoms with van der Waals surface area (Å²) in [6.07, 6.45) is 0. The minimum Gasteiger partial charge on any atom is -0.290 e. The van der Waals surface area contributed by atoms with E-state index in [1.165, 1.54) is 44.2 Å². The van der Waals surface area contributed by atoms with Crippen LogP contribution in [-0.4, -0.2) is 11.6 Å². The molecule has 0 radical (unpaired) electrons. The molecule has 2 nitrogen and oxygen atoms in total. The van der Waals surface area contributed by atoms with Crippen molar-refractivity contribution in [3.63, 3.8) is 0 Å². The van der Waals surface area contributed by atoms with Gasteiger partial charge in [-0.2, -0.15) is 0 Å². The van der Waals surface area contributed by atoms with Gasteiger partial charge in [0.05, 0.1) is 0 Å². The molecule has 0 spiro atoms. The topological polar surface area (TPSA) is 34.1 Å². The first-order valence-electron chi connectivity index (χ1n) is 8.72. The first kappa shape index (κ1) is 16.9. The van der Waals surface area contributed by atoms with Crippen LogP contribution in [0.4, 0.5) is 0 Å². The Morgan fingerprint density at radius 1 is 0.500 bits per heavy atom. The number of hydrogen-bond donors (Lipinski definition) is 0. The molecule has 0 saturated carbocycles. The highest BCUT2D eigenvalue weighted by Crippen LogP contribution is 2.45. The van der Waals surface area contributed by atoms with Gasteiger partial charge in [-0.15, -0.1) is 0 Å². The Hall–Kier alpha value is -1.96. The minimum atomic E-state index is -0.340. The van der Waals surface area contributed by atoms with E-state index in [2.05, 4.69) is 41.5 Å². The summed E-state index contributed by atoms with van der Waals surface area (Å²) in [6.45, 7) is 16.7. The molecule has 1 aliphatic rings. The zero-order chi connectivity index (χ0) is 18.1. The maximum Gasteiger partial charge on any atom is 0.206 e. The summed E-state index contributed by atoms with van der Waals surface area (Å²) in [4.78, 5) is 24.8. The van der Waals surface area contributed by atoms with Crippen LogP contribution < -0.4 is 0 Å². The Morgan fingerprint density at radius 3 is 1.08 bits per heavy atom. The molecule has 24 heavy (non-hydrogen) atoms. The lowest BCUT2D eigenvalue weighted by Crippen LogP contribution is -2.33. The highest BCUT2D eigenvalue weighted by molar-refractivity contribution is 6.42. The lowest BCUT2D eigenvalue weighted by molar-refractivity contribution is -0.138. The number of ketones is 2. The van der Waals surface area contributed by atoms with Crippen molar-refractivity contribution < 1.29 is 9.59 Å². The lowest BCUT2D eigenvalue weighted by atomic mass is 9.70. The van der Waals surface area contributed by atoms with E-state index in [-0.39, 0.29) is 23.4 Å². The third kappa shape index (κ3) is 1.89. The number of fused-ring (bicyclic) bond motifs is 2. The van der Waals surface area contributed by atoms with Gasteiger partial charge in [0.1, 0.15) is 0 Å². The second-order valence-corrected chi connectivity index (χ2v) is 7.50. The molecule has 0 N–H and O–H groups in total. The third-order valence-electron chi connectivity index (χ3n) is 6.43. The summed E-state index contributed by atoms with van der Waals surface area (Å²) in [5, 5.41) is 2.54. The molecule has 0 amide bonds. The van der Waals surface area contributed by atoms with Crippen LogP contribution in [0.25, 0.3) is 10.8 Å². The van der Waals surface area contributed by atoms with E-state index in [4.69, 9.17) is 0 Å². The number of carbonyl (C=O) groups is 2. The van der Waals surface area contributed by atoms with Crippen LogP contribution in [0.2, 0.25) is 0 Å². The van der Waals surface area contributed by atoms with Crippen molar-refractivity contribution in [3.8, 4) is 0 Å². The summed E-state index contributed by atoms with van der Waals surface area (Å²) in [5.41, 5.74) is 9.75. The number of carbonyl (C=O) groups excluding carboxylic acids is 2. The molecule has 0 saturated heterocycles. The van der Waals surface area contributed by atoms with E-state index in [0.717, 1.165) is 11.1 Å². The summed E-state index contributed by atoms with van der Waals surface area (Å²) >= 11 is 0. The van der Waals surface area contributed by atoms with Crippen molar-refractivity contribution >= 4 is 22.3 Å². The van der Waals surface area contributed by atoms with Gasteiger partial charge < -0.3 is 0 Å². The number of rotatable bonds is 0. The molecule has 0 bridgehead atoms. The Bertz CT molecular complexity index is 855. The van der Waals surface area contributed by atoms with E-state index in [1.54, 1.807) is 0 Å². The molecule has 0 fully saturated rings. The van der Waals surface area contributed by atoms with Crippen LogP contribution in [0.15, 0.2) is 0 Å². The molecule has 0 aromatic heterocycles. The molecule has 3 rings (SSSR count). The SMILES string of the molecule is Cc1c(C)c(C)c2c(C)c3c(c(C)c2c1C)C(C)C(=O)C(=O)C3C. The molecule has 2 aromatic rings. The molecule has 2 aromatic carbocycles. The quantitative estimate of drug-likeness (QED) is 0.636. The van der Waals surface area contributed by atoms with Gasteiger partial charge in [0, 0.05) is 11.8 Å². The molecule has 1 aliphatic carbocycles. The van der Waals surface area contributed by atoms with Crippen molar-refractivity contribution in [1.29, 1.82) is 0 Å². The maximum absolute atomic E-state index is 12.4. The monoisotopic (exact) mass is 322 g/mol.